The molecule has 0 aliphatic carbocycles. The number of hydrogen-bond donors (Lipinski definition) is 1. The highest BCUT2D eigenvalue weighted by Crippen LogP contribution is 2.13. The number of aliphatic carboxylic acids is 1. The van der Waals surface area contributed by atoms with Gasteiger partial charge in [0.05, 0.1) is 12.1 Å². The van der Waals surface area contributed by atoms with Crippen LogP contribution in [0, 0.1) is 0 Å². The van der Waals surface area contributed by atoms with Gasteiger partial charge in [0.15, 0.2) is 5.82 Å². The fourth-order valence-electron chi connectivity index (χ4n) is 1.27. The number of carboxylic acid groups (broad SMARTS) is 1. The molecule has 0 unspecified atom stereocenters. The minimum absolute atomic E-state index is 0.00414. The molecule has 88 valence electrons. The number of benzene rings is 1. The lowest BCUT2D eigenvalue weighted by Crippen LogP contribution is -2.01. The molecule has 2 rings (SSSR count). The molecule has 0 fully saturated rings. The number of aromatic nitrogens is 4. The van der Waals surface area contributed by atoms with E-state index in [-0.39, 0.29) is 12.8 Å². The number of halogens is 1. The van der Waals surface area contributed by atoms with E-state index in [4.69, 9.17) is 5.11 Å². The summed E-state index contributed by atoms with van der Waals surface area (Å²) in [5, 5.41) is 20.3. The van der Waals surface area contributed by atoms with Gasteiger partial charge in [-0.05, 0) is 23.4 Å². The largest absolute Gasteiger partial charge is 0.481 e. The Morgan fingerprint density at radius 2 is 2.29 bits per heavy atom. The summed E-state index contributed by atoms with van der Waals surface area (Å²) in [7, 11) is 0. The van der Waals surface area contributed by atoms with E-state index in [1.54, 1.807) is 0 Å². The van der Waals surface area contributed by atoms with Gasteiger partial charge in [-0.2, -0.15) is 0 Å². The van der Waals surface area contributed by atoms with E-state index < -0.39 is 5.97 Å². The van der Waals surface area contributed by atoms with Crippen molar-refractivity contribution in [3.8, 4) is 5.69 Å². The third-order valence-electron chi connectivity index (χ3n) is 2.06. The molecule has 6 nitrogen and oxygen atoms in total. The molecule has 0 saturated carbocycles. The number of carbonyl (C=O) groups is 1. The molecule has 1 heterocycles. The van der Waals surface area contributed by atoms with Crippen LogP contribution in [-0.4, -0.2) is 31.3 Å². The van der Waals surface area contributed by atoms with Crippen molar-refractivity contribution < 1.29 is 9.90 Å². The quantitative estimate of drug-likeness (QED) is 0.923. The number of carboxylic acids is 1. The molecule has 0 amide bonds. The molecule has 0 atom stereocenters. The standard InChI is InChI=1S/C10H9BrN4O2/c11-7-2-1-3-8(6-7)15-13-9(12-14-15)4-5-10(16)17/h1-3,6H,4-5H2,(H,16,17). The van der Waals surface area contributed by atoms with Gasteiger partial charge in [0.2, 0.25) is 0 Å². The van der Waals surface area contributed by atoms with E-state index in [1.807, 2.05) is 24.3 Å². The van der Waals surface area contributed by atoms with E-state index >= 15 is 0 Å². The number of tetrazole rings is 1. The van der Waals surface area contributed by atoms with Gasteiger partial charge in [-0.25, -0.2) is 0 Å². The third-order valence-corrected chi connectivity index (χ3v) is 2.55. The van der Waals surface area contributed by atoms with Gasteiger partial charge >= 0.3 is 5.97 Å². The lowest BCUT2D eigenvalue weighted by atomic mass is 10.3. The molecule has 2 aromatic rings. The van der Waals surface area contributed by atoms with Crippen LogP contribution in [0.2, 0.25) is 0 Å². The summed E-state index contributed by atoms with van der Waals surface area (Å²) in [6.07, 6.45) is 0.285. The molecule has 0 radical (unpaired) electrons. The number of nitrogens with zero attached hydrogens (tertiary/aromatic N) is 4. The molecule has 0 saturated heterocycles. The van der Waals surface area contributed by atoms with Crippen LogP contribution >= 0.6 is 15.9 Å². The summed E-state index contributed by atoms with van der Waals surface area (Å²) in [5.41, 5.74) is 0.772. The van der Waals surface area contributed by atoms with E-state index in [1.165, 1.54) is 4.80 Å². The average Bonchev–Trinajstić information content (AvgIpc) is 2.75. The first kappa shape index (κ1) is 11.7. The predicted octanol–water partition coefficient (Wildman–Crippen LogP) is 1.44. The van der Waals surface area contributed by atoms with Crippen LogP contribution in [0.3, 0.4) is 0 Å². The summed E-state index contributed by atoms with van der Waals surface area (Å²) >= 11 is 3.35. The van der Waals surface area contributed by atoms with Crippen molar-refractivity contribution in [2.24, 2.45) is 0 Å². The average molecular weight is 297 g/mol. The molecule has 7 heteroatoms. The molecule has 1 N–H and O–H groups in total. The molecule has 1 aromatic carbocycles. The highest BCUT2D eigenvalue weighted by molar-refractivity contribution is 9.10. The van der Waals surface area contributed by atoms with Gasteiger partial charge in [0.1, 0.15) is 0 Å². The second-order valence-electron chi connectivity index (χ2n) is 3.37. The Kier molecular flexibility index (Phi) is 3.48. The summed E-state index contributed by atoms with van der Waals surface area (Å²) in [5.74, 6) is -0.448. The van der Waals surface area contributed by atoms with Crippen LogP contribution < -0.4 is 0 Å². The Morgan fingerprint density at radius 3 is 3.00 bits per heavy atom. The summed E-state index contributed by atoms with van der Waals surface area (Å²) < 4.78 is 0.916. The minimum atomic E-state index is -0.871. The highest BCUT2D eigenvalue weighted by atomic mass is 79.9. The second-order valence-corrected chi connectivity index (χ2v) is 4.28. The van der Waals surface area contributed by atoms with Crippen molar-refractivity contribution in [3.05, 3.63) is 34.6 Å². The first-order valence-corrected chi connectivity index (χ1v) is 5.71. The Morgan fingerprint density at radius 1 is 1.47 bits per heavy atom. The number of aryl methyl sites for hydroxylation is 1. The van der Waals surface area contributed by atoms with E-state index in [2.05, 4.69) is 31.3 Å². The minimum Gasteiger partial charge on any atom is -0.481 e. The van der Waals surface area contributed by atoms with Crippen molar-refractivity contribution in [3.63, 3.8) is 0 Å². The first-order chi connectivity index (χ1) is 8.15. The molecule has 17 heavy (non-hydrogen) atoms. The zero-order chi connectivity index (χ0) is 12.3. The molecule has 0 aliphatic rings. The molecule has 0 bridgehead atoms. The Hall–Kier alpha value is -1.76. The SMILES string of the molecule is O=C(O)CCc1nnn(-c2cccc(Br)c2)n1. The van der Waals surface area contributed by atoms with Crippen LogP contribution in [0.4, 0.5) is 0 Å². The maximum absolute atomic E-state index is 10.4. The maximum Gasteiger partial charge on any atom is 0.303 e. The lowest BCUT2D eigenvalue weighted by Gasteiger charge is -1.97. The van der Waals surface area contributed by atoms with Gasteiger partial charge in [-0.1, -0.05) is 22.0 Å². The van der Waals surface area contributed by atoms with Gasteiger partial charge in [-0.3, -0.25) is 4.79 Å². The zero-order valence-corrected chi connectivity index (χ0v) is 10.3. The first-order valence-electron chi connectivity index (χ1n) is 4.92. The lowest BCUT2D eigenvalue weighted by molar-refractivity contribution is -0.137. The summed E-state index contributed by atoms with van der Waals surface area (Å²) in [6, 6.07) is 7.45. The smallest absolute Gasteiger partial charge is 0.303 e. The second kappa shape index (κ2) is 5.05. The maximum atomic E-state index is 10.4. The molecular weight excluding hydrogens is 288 g/mol. The van der Waals surface area contributed by atoms with Crippen LogP contribution in [0.25, 0.3) is 5.69 Å². The topological polar surface area (TPSA) is 80.9 Å². The van der Waals surface area contributed by atoms with Crippen LogP contribution in [0.5, 0.6) is 0 Å². The van der Waals surface area contributed by atoms with Crippen LogP contribution in [-0.2, 0) is 11.2 Å². The van der Waals surface area contributed by atoms with Gasteiger partial charge < -0.3 is 5.11 Å². The van der Waals surface area contributed by atoms with Gasteiger partial charge in [0.25, 0.3) is 0 Å². The third kappa shape index (κ3) is 3.10. The fraction of sp³-hybridized carbons (Fsp3) is 0.200. The summed E-state index contributed by atoms with van der Waals surface area (Å²) in [6.45, 7) is 0. The highest BCUT2D eigenvalue weighted by Gasteiger charge is 2.07. The normalized spacial score (nSPS) is 10.4. The van der Waals surface area contributed by atoms with Crippen molar-refractivity contribution in [2.45, 2.75) is 12.8 Å². The fourth-order valence-corrected chi connectivity index (χ4v) is 1.66. The van der Waals surface area contributed by atoms with E-state index in [0.717, 1.165) is 10.2 Å². The molecular formula is C10H9BrN4O2. The van der Waals surface area contributed by atoms with Crippen LogP contribution in [0.1, 0.15) is 12.2 Å². The Bertz CT molecular complexity index is 541. The molecule has 0 spiro atoms. The van der Waals surface area contributed by atoms with Crippen molar-refractivity contribution in [1.29, 1.82) is 0 Å². The van der Waals surface area contributed by atoms with Crippen molar-refractivity contribution in [2.75, 3.05) is 0 Å². The van der Waals surface area contributed by atoms with E-state index in [0.29, 0.717) is 5.82 Å². The van der Waals surface area contributed by atoms with Gasteiger partial charge in [-0.15, -0.1) is 15.0 Å². The Balaban J connectivity index is 2.15. The zero-order valence-electron chi connectivity index (χ0n) is 8.75. The van der Waals surface area contributed by atoms with Crippen LogP contribution in [0.15, 0.2) is 28.7 Å². The van der Waals surface area contributed by atoms with Crippen molar-refractivity contribution in [1.82, 2.24) is 20.2 Å². The van der Waals surface area contributed by atoms with Crippen molar-refractivity contribution >= 4 is 21.9 Å². The summed E-state index contributed by atoms with van der Waals surface area (Å²) in [4.78, 5) is 11.8. The van der Waals surface area contributed by atoms with E-state index in [9.17, 15) is 4.79 Å². The number of rotatable bonds is 4. The predicted molar refractivity (Wildman–Crippen MR) is 62.8 cm³/mol. The molecule has 1 aromatic heterocycles. The Labute approximate surface area is 105 Å². The molecule has 0 aliphatic heterocycles. The number of hydrogen-bond acceptors (Lipinski definition) is 4. The monoisotopic (exact) mass is 296 g/mol. The van der Waals surface area contributed by atoms with Gasteiger partial charge in [0, 0.05) is 10.9 Å².